The molecular weight excluding hydrogens is 300 g/mol. The van der Waals surface area contributed by atoms with E-state index in [4.69, 9.17) is 16.3 Å². The predicted octanol–water partition coefficient (Wildman–Crippen LogP) is 3.74. The van der Waals surface area contributed by atoms with Crippen molar-refractivity contribution in [2.75, 3.05) is 0 Å². The van der Waals surface area contributed by atoms with Crippen LogP contribution in [0.25, 0.3) is 0 Å². The van der Waals surface area contributed by atoms with Gasteiger partial charge < -0.3 is 4.74 Å². The summed E-state index contributed by atoms with van der Waals surface area (Å²) in [6.07, 6.45) is 0. The summed E-state index contributed by atoms with van der Waals surface area (Å²) in [6, 6.07) is 9.69. The lowest BCUT2D eigenvalue weighted by atomic mass is 10.2. The van der Waals surface area contributed by atoms with Crippen LogP contribution in [0.2, 0.25) is 5.02 Å². The molecule has 0 aliphatic carbocycles. The number of halogens is 1. The fraction of sp³-hybridized carbons (Fsp3) is 0.0769. The third-order valence-corrected chi connectivity index (χ3v) is 2.98. The summed E-state index contributed by atoms with van der Waals surface area (Å²) in [5.74, 6) is 0.184. The minimum atomic E-state index is -0.547. The summed E-state index contributed by atoms with van der Waals surface area (Å²) in [4.78, 5) is 20.2. The molecule has 0 heterocycles. The van der Waals surface area contributed by atoms with Crippen LogP contribution in [-0.2, 0) is 6.61 Å². The van der Waals surface area contributed by atoms with Gasteiger partial charge in [0.1, 0.15) is 12.4 Å². The molecule has 7 nitrogen and oxygen atoms in total. The van der Waals surface area contributed by atoms with Crippen LogP contribution in [0.3, 0.4) is 0 Å². The second kappa shape index (κ2) is 6.19. The molecule has 0 bridgehead atoms. The Hall–Kier alpha value is -2.67. The number of non-ortho nitro benzene ring substituents is 2. The largest absolute Gasteiger partial charge is 0.487 e. The Morgan fingerprint density at radius 1 is 0.952 bits per heavy atom. The van der Waals surface area contributed by atoms with Gasteiger partial charge in [0.05, 0.1) is 20.9 Å². The zero-order valence-corrected chi connectivity index (χ0v) is 11.3. The van der Waals surface area contributed by atoms with Crippen molar-refractivity contribution in [3.05, 3.63) is 73.3 Å². The second-order valence-corrected chi connectivity index (χ2v) is 4.49. The van der Waals surface area contributed by atoms with Crippen LogP contribution >= 0.6 is 11.6 Å². The van der Waals surface area contributed by atoms with Crippen molar-refractivity contribution >= 4 is 23.0 Å². The average Bonchev–Trinajstić information content (AvgIpc) is 2.46. The fourth-order valence-corrected chi connectivity index (χ4v) is 1.76. The van der Waals surface area contributed by atoms with Crippen LogP contribution in [0, 0.1) is 20.2 Å². The lowest BCUT2D eigenvalue weighted by molar-refractivity contribution is -0.385. The lowest BCUT2D eigenvalue weighted by Crippen LogP contribution is -1.97. The van der Waals surface area contributed by atoms with Crippen molar-refractivity contribution in [1.82, 2.24) is 0 Å². The van der Waals surface area contributed by atoms with Gasteiger partial charge in [-0.25, -0.2) is 0 Å². The number of nitro benzene ring substituents is 2. The zero-order chi connectivity index (χ0) is 15.4. The molecule has 0 N–H and O–H groups in total. The third kappa shape index (κ3) is 3.67. The highest BCUT2D eigenvalue weighted by Gasteiger charge is 2.11. The summed E-state index contributed by atoms with van der Waals surface area (Å²) >= 11 is 5.90. The molecule has 0 saturated heterocycles. The molecule has 2 aromatic carbocycles. The van der Waals surface area contributed by atoms with E-state index in [0.29, 0.717) is 5.56 Å². The first kappa shape index (κ1) is 14.7. The average molecular weight is 309 g/mol. The topological polar surface area (TPSA) is 95.5 Å². The summed E-state index contributed by atoms with van der Waals surface area (Å²) in [6.45, 7) is 0.0961. The Bertz CT molecular complexity index is 687. The number of rotatable bonds is 5. The third-order valence-electron chi connectivity index (χ3n) is 2.67. The van der Waals surface area contributed by atoms with Gasteiger partial charge in [-0.3, -0.25) is 20.2 Å². The molecule has 0 radical (unpaired) electrons. The molecule has 0 unspecified atom stereocenters. The van der Waals surface area contributed by atoms with E-state index in [9.17, 15) is 20.2 Å². The number of nitro groups is 2. The Balaban J connectivity index is 2.10. The van der Waals surface area contributed by atoms with E-state index in [1.54, 1.807) is 12.1 Å². The number of hydrogen-bond acceptors (Lipinski definition) is 5. The van der Waals surface area contributed by atoms with Crippen molar-refractivity contribution < 1.29 is 14.6 Å². The van der Waals surface area contributed by atoms with Crippen molar-refractivity contribution in [2.24, 2.45) is 0 Å². The highest BCUT2D eigenvalue weighted by Crippen LogP contribution is 2.29. The van der Waals surface area contributed by atoms with Crippen LogP contribution in [0.5, 0.6) is 5.75 Å². The van der Waals surface area contributed by atoms with E-state index in [2.05, 4.69) is 0 Å². The van der Waals surface area contributed by atoms with Crippen LogP contribution in [0.4, 0.5) is 11.4 Å². The maximum atomic E-state index is 10.7. The van der Waals surface area contributed by atoms with Gasteiger partial charge >= 0.3 is 0 Å². The summed E-state index contributed by atoms with van der Waals surface area (Å²) in [7, 11) is 0. The maximum absolute atomic E-state index is 10.7. The minimum Gasteiger partial charge on any atom is -0.487 e. The predicted molar refractivity (Wildman–Crippen MR) is 75.5 cm³/mol. The normalized spacial score (nSPS) is 10.1. The molecule has 0 aromatic heterocycles. The summed E-state index contributed by atoms with van der Waals surface area (Å²) in [5, 5.41) is 21.5. The molecule has 0 aliphatic heterocycles. The SMILES string of the molecule is O=[N+]([O-])c1ccc(COc2cc([N+](=O)[O-])ccc2Cl)cc1. The number of hydrogen-bond donors (Lipinski definition) is 0. The van der Waals surface area contributed by atoms with Crippen LogP contribution in [0.15, 0.2) is 42.5 Å². The lowest BCUT2D eigenvalue weighted by Gasteiger charge is -2.07. The van der Waals surface area contributed by atoms with Gasteiger partial charge in [-0.1, -0.05) is 11.6 Å². The van der Waals surface area contributed by atoms with Crippen LogP contribution < -0.4 is 4.74 Å². The molecular formula is C13H9ClN2O5. The zero-order valence-electron chi connectivity index (χ0n) is 10.6. The van der Waals surface area contributed by atoms with Gasteiger partial charge in [0.2, 0.25) is 0 Å². The Kier molecular flexibility index (Phi) is 4.34. The standard InChI is InChI=1S/C13H9ClN2O5/c14-12-6-5-11(16(19)20)7-13(12)21-8-9-1-3-10(4-2-9)15(17)18/h1-7H,8H2. The molecule has 0 fully saturated rings. The molecule has 0 atom stereocenters. The molecule has 21 heavy (non-hydrogen) atoms. The van der Waals surface area contributed by atoms with E-state index in [0.717, 1.165) is 0 Å². The van der Waals surface area contributed by atoms with Crippen molar-refractivity contribution in [1.29, 1.82) is 0 Å². The van der Waals surface area contributed by atoms with Crippen LogP contribution in [-0.4, -0.2) is 9.85 Å². The summed E-state index contributed by atoms with van der Waals surface area (Å²) < 4.78 is 5.41. The van der Waals surface area contributed by atoms with Gasteiger partial charge in [-0.15, -0.1) is 0 Å². The van der Waals surface area contributed by atoms with E-state index in [1.807, 2.05) is 0 Å². The number of benzene rings is 2. The van der Waals surface area contributed by atoms with Gasteiger partial charge in [0.15, 0.2) is 0 Å². The molecule has 0 saturated carbocycles. The molecule has 2 rings (SSSR count). The molecule has 108 valence electrons. The van der Waals surface area contributed by atoms with Crippen molar-refractivity contribution in [2.45, 2.75) is 6.61 Å². The highest BCUT2D eigenvalue weighted by molar-refractivity contribution is 6.32. The molecule has 0 aliphatic rings. The van der Waals surface area contributed by atoms with E-state index in [1.165, 1.54) is 30.3 Å². The highest BCUT2D eigenvalue weighted by atomic mass is 35.5. The molecule has 0 spiro atoms. The second-order valence-electron chi connectivity index (χ2n) is 4.08. The summed E-state index contributed by atoms with van der Waals surface area (Å²) in [5.41, 5.74) is 0.536. The Morgan fingerprint density at radius 2 is 1.52 bits per heavy atom. The van der Waals surface area contributed by atoms with Crippen molar-refractivity contribution in [3.8, 4) is 5.75 Å². The Morgan fingerprint density at radius 3 is 2.10 bits per heavy atom. The van der Waals surface area contributed by atoms with E-state index < -0.39 is 9.85 Å². The van der Waals surface area contributed by atoms with E-state index in [-0.39, 0.29) is 28.8 Å². The smallest absolute Gasteiger partial charge is 0.273 e. The first-order valence-corrected chi connectivity index (χ1v) is 6.15. The first-order chi connectivity index (χ1) is 9.97. The minimum absolute atomic E-state index is 0.0212. The molecule has 0 amide bonds. The van der Waals surface area contributed by atoms with Gasteiger partial charge in [0, 0.05) is 18.2 Å². The molecule has 2 aromatic rings. The maximum Gasteiger partial charge on any atom is 0.273 e. The number of nitrogens with zero attached hydrogens (tertiary/aromatic N) is 2. The van der Waals surface area contributed by atoms with Gasteiger partial charge in [0.25, 0.3) is 11.4 Å². The fourth-order valence-electron chi connectivity index (χ4n) is 1.59. The van der Waals surface area contributed by atoms with E-state index >= 15 is 0 Å². The van der Waals surface area contributed by atoms with Crippen molar-refractivity contribution in [3.63, 3.8) is 0 Å². The Labute approximate surface area is 124 Å². The number of ether oxygens (including phenoxy) is 1. The van der Waals surface area contributed by atoms with Gasteiger partial charge in [-0.05, 0) is 23.8 Å². The van der Waals surface area contributed by atoms with Gasteiger partial charge in [-0.2, -0.15) is 0 Å². The molecule has 8 heteroatoms. The quantitative estimate of drug-likeness (QED) is 0.619. The van der Waals surface area contributed by atoms with Crippen LogP contribution in [0.1, 0.15) is 5.56 Å². The first-order valence-electron chi connectivity index (χ1n) is 5.77. The monoisotopic (exact) mass is 308 g/mol.